The molecule has 2 atom stereocenters. The molecule has 0 radical (unpaired) electrons. The van der Waals surface area contributed by atoms with E-state index in [0.717, 1.165) is 12.8 Å². The monoisotopic (exact) mass is 292 g/mol. The van der Waals surface area contributed by atoms with Gasteiger partial charge in [0.25, 0.3) is 0 Å². The lowest BCUT2D eigenvalue weighted by molar-refractivity contribution is -0.129. The van der Waals surface area contributed by atoms with E-state index in [2.05, 4.69) is 0 Å². The highest BCUT2D eigenvalue weighted by atomic mass is 16.1. The average Bonchev–Trinajstić information content (AvgIpc) is 3.13. The molecule has 2 fully saturated rings. The lowest BCUT2D eigenvalue weighted by atomic mass is 9.69. The predicted octanol–water partition coefficient (Wildman–Crippen LogP) is 5.18. The van der Waals surface area contributed by atoms with Gasteiger partial charge in [0.15, 0.2) is 5.78 Å². The van der Waals surface area contributed by atoms with Gasteiger partial charge in [0.2, 0.25) is 0 Å². The van der Waals surface area contributed by atoms with Gasteiger partial charge in [0.05, 0.1) is 10.8 Å². The Balaban J connectivity index is 1.85. The Hall–Kier alpha value is -1.11. The van der Waals surface area contributed by atoms with Crippen LogP contribution in [-0.4, -0.2) is 5.78 Å². The zero-order valence-corrected chi connectivity index (χ0v) is 13.4. The van der Waals surface area contributed by atoms with Gasteiger partial charge in [-0.25, -0.2) is 0 Å². The molecule has 2 spiro atoms. The lowest BCUT2D eigenvalue weighted by Gasteiger charge is -2.31. The molecular formula is C21H24O. The summed E-state index contributed by atoms with van der Waals surface area (Å²) in [5.41, 5.74) is 9.75. The second-order valence-electron chi connectivity index (χ2n) is 8.43. The first-order chi connectivity index (χ1) is 10.8. The lowest BCUT2D eigenvalue weighted by Crippen LogP contribution is -2.36. The van der Waals surface area contributed by atoms with Crippen molar-refractivity contribution in [1.82, 2.24) is 0 Å². The van der Waals surface area contributed by atoms with Gasteiger partial charge in [0, 0.05) is 0 Å². The maximum atomic E-state index is 14.0. The van der Waals surface area contributed by atoms with Gasteiger partial charge in [-0.2, -0.15) is 0 Å². The first kappa shape index (κ1) is 12.3. The summed E-state index contributed by atoms with van der Waals surface area (Å²) in [6, 6.07) is 0. The summed E-state index contributed by atoms with van der Waals surface area (Å²) in [5.74, 6) is 0.668. The molecule has 6 rings (SSSR count). The zero-order chi connectivity index (χ0) is 14.5. The Bertz CT molecular complexity index is 671. The Labute approximate surface area is 132 Å². The molecule has 0 aliphatic heterocycles. The van der Waals surface area contributed by atoms with Crippen molar-refractivity contribution < 1.29 is 4.79 Å². The molecule has 1 heteroatoms. The highest BCUT2D eigenvalue weighted by Crippen LogP contribution is 2.72. The topological polar surface area (TPSA) is 17.1 Å². The largest absolute Gasteiger partial charge is 0.297 e. The zero-order valence-electron chi connectivity index (χ0n) is 13.4. The van der Waals surface area contributed by atoms with Crippen LogP contribution in [0.15, 0.2) is 33.4 Å². The van der Waals surface area contributed by atoms with Crippen molar-refractivity contribution in [1.29, 1.82) is 0 Å². The van der Waals surface area contributed by atoms with Crippen LogP contribution in [0.1, 0.15) is 77.0 Å². The molecule has 0 aromatic carbocycles. The van der Waals surface area contributed by atoms with E-state index in [1.807, 2.05) is 0 Å². The second-order valence-corrected chi connectivity index (χ2v) is 8.43. The van der Waals surface area contributed by atoms with Crippen LogP contribution in [0.25, 0.3) is 0 Å². The molecule has 6 aliphatic carbocycles. The van der Waals surface area contributed by atoms with Gasteiger partial charge in [-0.1, -0.05) is 11.1 Å². The molecule has 0 aromatic heterocycles. The Morgan fingerprint density at radius 3 is 1.50 bits per heavy atom. The van der Waals surface area contributed by atoms with Crippen molar-refractivity contribution >= 4 is 5.78 Å². The average molecular weight is 292 g/mol. The number of carbonyl (C=O) groups is 1. The van der Waals surface area contributed by atoms with Crippen LogP contribution >= 0.6 is 0 Å². The van der Waals surface area contributed by atoms with Crippen LogP contribution in [0.3, 0.4) is 0 Å². The van der Waals surface area contributed by atoms with Gasteiger partial charge in [-0.3, -0.25) is 4.79 Å². The SMILES string of the molecule is O=C1[C@@]23CCCC2=C2CCCC3=C3CCCC2=C2CCC[C@@]123. The molecule has 0 heterocycles. The third-order valence-corrected chi connectivity index (χ3v) is 7.96. The van der Waals surface area contributed by atoms with E-state index in [9.17, 15) is 4.79 Å². The van der Waals surface area contributed by atoms with Crippen LogP contribution in [-0.2, 0) is 4.79 Å². The minimum Gasteiger partial charge on any atom is -0.297 e. The quantitative estimate of drug-likeness (QED) is 0.562. The van der Waals surface area contributed by atoms with Crippen LogP contribution < -0.4 is 0 Å². The number of ketones is 1. The molecule has 0 unspecified atom stereocenters. The predicted molar refractivity (Wildman–Crippen MR) is 86.4 cm³/mol. The first-order valence-electron chi connectivity index (χ1n) is 9.53. The minimum absolute atomic E-state index is 0.0944. The fourth-order valence-corrected chi connectivity index (χ4v) is 7.51. The minimum atomic E-state index is -0.0944. The van der Waals surface area contributed by atoms with Crippen molar-refractivity contribution in [3.63, 3.8) is 0 Å². The summed E-state index contributed by atoms with van der Waals surface area (Å²) in [6.07, 6.45) is 14.8. The van der Waals surface area contributed by atoms with Crippen molar-refractivity contribution in [3.05, 3.63) is 33.4 Å². The summed E-state index contributed by atoms with van der Waals surface area (Å²) in [4.78, 5) is 14.0. The van der Waals surface area contributed by atoms with E-state index in [1.165, 1.54) is 64.2 Å². The van der Waals surface area contributed by atoms with Crippen LogP contribution in [0, 0.1) is 10.8 Å². The van der Waals surface area contributed by atoms with E-state index < -0.39 is 0 Å². The Kier molecular flexibility index (Phi) is 2.06. The molecular weight excluding hydrogens is 268 g/mol. The number of fused-ring (bicyclic) bond motifs is 1. The maximum absolute atomic E-state index is 14.0. The third-order valence-electron chi connectivity index (χ3n) is 7.96. The normalized spacial score (nSPS) is 42.1. The Morgan fingerprint density at radius 1 is 0.545 bits per heavy atom. The van der Waals surface area contributed by atoms with Gasteiger partial charge in [0.1, 0.15) is 0 Å². The smallest absolute Gasteiger partial charge is 0.161 e. The van der Waals surface area contributed by atoms with Crippen molar-refractivity contribution in [2.24, 2.45) is 10.8 Å². The second kappa shape index (κ2) is 3.68. The number of allylic oxidation sites excluding steroid dienone is 6. The fraction of sp³-hybridized carbons (Fsp3) is 0.667. The van der Waals surface area contributed by atoms with E-state index >= 15 is 0 Å². The number of rotatable bonds is 0. The molecule has 114 valence electrons. The molecule has 6 aliphatic rings. The summed E-state index contributed by atoms with van der Waals surface area (Å²) in [7, 11) is 0. The Morgan fingerprint density at radius 2 is 1.00 bits per heavy atom. The van der Waals surface area contributed by atoms with Crippen LogP contribution in [0.5, 0.6) is 0 Å². The van der Waals surface area contributed by atoms with E-state index in [0.29, 0.717) is 5.78 Å². The molecule has 1 nitrogen and oxygen atoms in total. The molecule has 2 saturated carbocycles. The van der Waals surface area contributed by atoms with Crippen LogP contribution in [0.4, 0.5) is 0 Å². The molecule has 0 saturated heterocycles. The molecule has 6 bridgehead atoms. The first-order valence-corrected chi connectivity index (χ1v) is 9.53. The number of hydrogen-bond acceptors (Lipinski definition) is 1. The van der Waals surface area contributed by atoms with Crippen molar-refractivity contribution in [2.75, 3.05) is 0 Å². The summed E-state index contributed by atoms with van der Waals surface area (Å²) < 4.78 is 0. The summed E-state index contributed by atoms with van der Waals surface area (Å²) >= 11 is 0. The third kappa shape index (κ3) is 1.02. The van der Waals surface area contributed by atoms with E-state index in [-0.39, 0.29) is 10.8 Å². The van der Waals surface area contributed by atoms with Crippen LogP contribution in [0.2, 0.25) is 0 Å². The highest BCUT2D eigenvalue weighted by molar-refractivity contribution is 6.06. The van der Waals surface area contributed by atoms with Gasteiger partial charge >= 0.3 is 0 Å². The summed E-state index contributed by atoms with van der Waals surface area (Å²) in [6.45, 7) is 0. The molecule has 0 N–H and O–H groups in total. The molecule has 0 amide bonds. The molecule has 0 aromatic rings. The molecule has 22 heavy (non-hydrogen) atoms. The van der Waals surface area contributed by atoms with Gasteiger partial charge < -0.3 is 0 Å². The van der Waals surface area contributed by atoms with Crippen molar-refractivity contribution in [3.8, 4) is 0 Å². The summed E-state index contributed by atoms with van der Waals surface area (Å²) in [5, 5.41) is 0. The number of hydrogen-bond donors (Lipinski definition) is 0. The van der Waals surface area contributed by atoms with Gasteiger partial charge in [-0.05, 0) is 99.3 Å². The van der Waals surface area contributed by atoms with E-state index in [4.69, 9.17) is 0 Å². The van der Waals surface area contributed by atoms with Crippen molar-refractivity contribution in [2.45, 2.75) is 77.0 Å². The number of carbonyl (C=O) groups excluding carboxylic acids is 1. The number of Topliss-reactive ketones (excluding diaryl/α,β-unsaturated/α-hetero) is 1. The highest BCUT2D eigenvalue weighted by Gasteiger charge is 2.67. The van der Waals surface area contributed by atoms with E-state index in [1.54, 1.807) is 33.4 Å². The van der Waals surface area contributed by atoms with Gasteiger partial charge in [-0.15, -0.1) is 0 Å². The standard InChI is InChI=1S/C21H24O/c22-19-20-11-3-9-15(20)13-5-1-7-17(20)18-8-2-6-14(13)16-10-4-12-21(16,18)19/h1-12H2/t20-,21+. The fourth-order valence-electron chi connectivity index (χ4n) is 7.51. The maximum Gasteiger partial charge on any atom is 0.161 e.